The molecule has 0 saturated carbocycles. The predicted molar refractivity (Wildman–Crippen MR) is 85.2 cm³/mol. The van der Waals surface area contributed by atoms with Crippen LogP contribution in [-0.2, 0) is 12.8 Å². The molecule has 0 unspecified atom stereocenters. The van der Waals surface area contributed by atoms with E-state index in [0.717, 1.165) is 24.1 Å². The highest BCUT2D eigenvalue weighted by Gasteiger charge is 2.18. The molecule has 2 aromatic heterocycles. The summed E-state index contributed by atoms with van der Waals surface area (Å²) < 4.78 is 0. The summed E-state index contributed by atoms with van der Waals surface area (Å²) in [6.07, 6.45) is 3.17. The zero-order valence-electron chi connectivity index (χ0n) is 11.9. The van der Waals surface area contributed by atoms with Gasteiger partial charge in [-0.05, 0) is 42.3 Å². The highest BCUT2D eigenvalue weighted by atomic mass is 35.5. The van der Waals surface area contributed by atoms with Crippen LogP contribution in [0.1, 0.15) is 30.7 Å². The van der Waals surface area contributed by atoms with Crippen LogP contribution in [0.15, 0.2) is 28.4 Å². The number of nitrogens with zero attached hydrogens (tertiary/aromatic N) is 3. The van der Waals surface area contributed by atoms with Gasteiger partial charge < -0.3 is 5.73 Å². The molecule has 0 saturated heterocycles. The van der Waals surface area contributed by atoms with Crippen molar-refractivity contribution in [1.82, 2.24) is 15.2 Å². The van der Waals surface area contributed by atoms with E-state index in [1.54, 1.807) is 18.3 Å². The van der Waals surface area contributed by atoms with Gasteiger partial charge in [-0.25, -0.2) is 4.98 Å². The maximum absolute atomic E-state index is 7.85. The fourth-order valence-corrected chi connectivity index (χ4v) is 3.16. The van der Waals surface area contributed by atoms with Gasteiger partial charge in [-0.2, -0.15) is 5.10 Å². The normalized spacial score (nSPS) is 10.6. The highest BCUT2D eigenvalue weighted by molar-refractivity contribution is 7.99. The lowest BCUT2D eigenvalue weighted by atomic mass is 10.0. The molecule has 0 radical (unpaired) electrons. The van der Waals surface area contributed by atoms with E-state index in [4.69, 9.17) is 22.7 Å². The van der Waals surface area contributed by atoms with Gasteiger partial charge in [-0.15, -0.1) is 5.10 Å². The summed E-state index contributed by atoms with van der Waals surface area (Å²) in [6, 6.07) is 3.53. The lowest BCUT2D eigenvalue weighted by Gasteiger charge is -2.13. The zero-order chi connectivity index (χ0) is 15.4. The largest absolute Gasteiger partial charge is 0.384 e. The first-order valence-corrected chi connectivity index (χ1v) is 7.79. The number of aromatic nitrogens is 3. The Bertz CT molecular complexity index is 674. The second kappa shape index (κ2) is 6.87. The van der Waals surface area contributed by atoms with E-state index >= 15 is 0 Å². The number of halogens is 1. The minimum atomic E-state index is -0.00833. The summed E-state index contributed by atoms with van der Waals surface area (Å²) in [5.74, 6) is -0.00833. The Hall–Kier alpha value is -1.66. The second-order valence-electron chi connectivity index (χ2n) is 4.32. The molecule has 2 rings (SSSR count). The molecule has 0 aliphatic rings. The third kappa shape index (κ3) is 3.33. The number of rotatable bonds is 5. The average molecular weight is 322 g/mol. The zero-order valence-corrected chi connectivity index (χ0v) is 13.4. The van der Waals surface area contributed by atoms with E-state index in [9.17, 15) is 0 Å². The standard InChI is InChI=1S/C14H16ClN5S/c1-3-8-10(4-2)19-20-14(11(8)12(16)17)21-13-9(15)6-5-7-18-13/h5-7H,3-4H2,1-2H3,(H3,16,17). The number of nitrogen functional groups attached to an aromatic ring is 1. The Kier molecular flexibility index (Phi) is 5.14. The minimum absolute atomic E-state index is 0.00833. The van der Waals surface area contributed by atoms with Crippen LogP contribution in [0.4, 0.5) is 0 Å². The van der Waals surface area contributed by atoms with Crippen LogP contribution in [0, 0.1) is 5.41 Å². The second-order valence-corrected chi connectivity index (χ2v) is 5.70. The Labute approximate surface area is 132 Å². The van der Waals surface area contributed by atoms with Gasteiger partial charge in [0.25, 0.3) is 0 Å². The number of pyridine rings is 1. The Morgan fingerprint density at radius 2 is 2.05 bits per heavy atom. The van der Waals surface area contributed by atoms with Crippen molar-refractivity contribution >= 4 is 29.2 Å². The van der Waals surface area contributed by atoms with Crippen molar-refractivity contribution in [3.05, 3.63) is 40.2 Å². The molecule has 0 bridgehead atoms. The van der Waals surface area contributed by atoms with E-state index in [0.29, 0.717) is 20.6 Å². The molecule has 21 heavy (non-hydrogen) atoms. The van der Waals surface area contributed by atoms with E-state index in [2.05, 4.69) is 15.2 Å². The van der Waals surface area contributed by atoms with Gasteiger partial charge in [0.15, 0.2) is 0 Å². The topological polar surface area (TPSA) is 88.5 Å². The van der Waals surface area contributed by atoms with Crippen molar-refractivity contribution < 1.29 is 0 Å². The van der Waals surface area contributed by atoms with Crippen LogP contribution in [0.2, 0.25) is 5.02 Å². The molecule has 0 atom stereocenters. The SMILES string of the molecule is CCc1nnc(Sc2ncccc2Cl)c(C(=N)N)c1CC. The maximum atomic E-state index is 7.85. The van der Waals surface area contributed by atoms with E-state index in [-0.39, 0.29) is 5.84 Å². The molecule has 7 heteroatoms. The van der Waals surface area contributed by atoms with Crippen LogP contribution in [0.25, 0.3) is 0 Å². The van der Waals surface area contributed by atoms with Crippen molar-refractivity contribution in [2.75, 3.05) is 0 Å². The first kappa shape index (κ1) is 15.7. The van der Waals surface area contributed by atoms with Crippen LogP contribution >= 0.6 is 23.4 Å². The number of hydrogen-bond donors (Lipinski definition) is 2. The molecule has 3 N–H and O–H groups in total. The molecule has 2 aromatic rings. The molecule has 0 spiro atoms. The summed E-state index contributed by atoms with van der Waals surface area (Å²) in [5, 5.41) is 18.0. The molecule has 0 aliphatic heterocycles. The molecule has 0 aliphatic carbocycles. The molecule has 0 fully saturated rings. The number of nitrogens with one attached hydrogen (secondary N) is 1. The predicted octanol–water partition coefficient (Wildman–Crippen LogP) is 3.09. The summed E-state index contributed by atoms with van der Waals surface area (Å²) in [7, 11) is 0. The number of nitrogens with two attached hydrogens (primary N) is 1. The summed E-state index contributed by atoms with van der Waals surface area (Å²) in [5.41, 5.74) is 8.23. The Balaban J connectivity index is 2.54. The third-order valence-corrected chi connectivity index (χ3v) is 4.42. The van der Waals surface area contributed by atoms with E-state index in [1.807, 2.05) is 13.8 Å². The van der Waals surface area contributed by atoms with Crippen LogP contribution in [0.5, 0.6) is 0 Å². The van der Waals surface area contributed by atoms with Gasteiger partial charge in [-0.3, -0.25) is 5.41 Å². The smallest absolute Gasteiger partial charge is 0.136 e. The number of hydrogen-bond acceptors (Lipinski definition) is 5. The highest BCUT2D eigenvalue weighted by Crippen LogP contribution is 2.33. The monoisotopic (exact) mass is 321 g/mol. The molecule has 0 aromatic carbocycles. The first-order valence-electron chi connectivity index (χ1n) is 6.59. The van der Waals surface area contributed by atoms with Crippen molar-refractivity contribution in [2.45, 2.75) is 36.7 Å². The lowest BCUT2D eigenvalue weighted by Crippen LogP contribution is -2.18. The van der Waals surface area contributed by atoms with E-state index < -0.39 is 0 Å². The van der Waals surface area contributed by atoms with Crippen molar-refractivity contribution in [2.24, 2.45) is 5.73 Å². The summed E-state index contributed by atoms with van der Waals surface area (Å²) >= 11 is 7.40. The molecular formula is C14H16ClN5S. The van der Waals surface area contributed by atoms with Gasteiger partial charge in [0.1, 0.15) is 15.9 Å². The third-order valence-electron chi connectivity index (χ3n) is 3.00. The number of amidine groups is 1. The fraction of sp³-hybridized carbons (Fsp3) is 0.286. The molecule has 2 heterocycles. The molecule has 110 valence electrons. The number of aryl methyl sites for hydroxylation is 1. The van der Waals surface area contributed by atoms with E-state index in [1.165, 1.54) is 11.8 Å². The molecule has 5 nitrogen and oxygen atoms in total. The average Bonchev–Trinajstić information content (AvgIpc) is 2.48. The van der Waals surface area contributed by atoms with Crippen molar-refractivity contribution in [3.8, 4) is 0 Å². The summed E-state index contributed by atoms with van der Waals surface area (Å²) in [4.78, 5) is 4.22. The van der Waals surface area contributed by atoms with Gasteiger partial charge >= 0.3 is 0 Å². The Morgan fingerprint density at radius 1 is 1.29 bits per heavy atom. The maximum Gasteiger partial charge on any atom is 0.136 e. The summed E-state index contributed by atoms with van der Waals surface area (Å²) in [6.45, 7) is 4.03. The lowest BCUT2D eigenvalue weighted by molar-refractivity contribution is 0.818. The fourth-order valence-electron chi connectivity index (χ4n) is 2.04. The first-order chi connectivity index (χ1) is 10.1. The van der Waals surface area contributed by atoms with Gasteiger partial charge in [0.05, 0.1) is 16.3 Å². The van der Waals surface area contributed by atoms with Crippen LogP contribution in [-0.4, -0.2) is 21.0 Å². The van der Waals surface area contributed by atoms with Crippen molar-refractivity contribution in [3.63, 3.8) is 0 Å². The van der Waals surface area contributed by atoms with Crippen LogP contribution < -0.4 is 5.73 Å². The van der Waals surface area contributed by atoms with Crippen LogP contribution in [0.3, 0.4) is 0 Å². The molecular weight excluding hydrogens is 306 g/mol. The van der Waals surface area contributed by atoms with Gasteiger partial charge in [0.2, 0.25) is 0 Å². The Morgan fingerprint density at radius 3 is 2.62 bits per heavy atom. The van der Waals surface area contributed by atoms with Crippen molar-refractivity contribution in [1.29, 1.82) is 5.41 Å². The quantitative estimate of drug-likeness (QED) is 0.652. The van der Waals surface area contributed by atoms with Gasteiger partial charge in [-0.1, -0.05) is 25.4 Å². The molecule has 0 amide bonds. The minimum Gasteiger partial charge on any atom is -0.384 e. The van der Waals surface area contributed by atoms with Gasteiger partial charge in [0, 0.05) is 6.20 Å².